The van der Waals surface area contributed by atoms with Crippen LogP contribution in [0.25, 0.3) is 0 Å². The van der Waals surface area contributed by atoms with Crippen molar-refractivity contribution in [1.29, 1.82) is 0 Å². The second-order valence-electron chi connectivity index (χ2n) is 5.15. The molecule has 3 nitrogen and oxygen atoms in total. The van der Waals surface area contributed by atoms with Gasteiger partial charge in [0.05, 0.1) is 6.54 Å². The van der Waals surface area contributed by atoms with E-state index in [9.17, 15) is 9.90 Å². The van der Waals surface area contributed by atoms with Crippen molar-refractivity contribution in [3.8, 4) is 0 Å². The van der Waals surface area contributed by atoms with Crippen molar-refractivity contribution < 1.29 is 9.90 Å². The third kappa shape index (κ3) is 2.31. The number of carbonyl (C=O) groups is 1. The van der Waals surface area contributed by atoms with E-state index >= 15 is 0 Å². The fraction of sp³-hybridized carbons (Fsp3) is 0.400. The number of likely N-dealkylation sites (tertiary alicyclic amines) is 1. The van der Waals surface area contributed by atoms with E-state index in [2.05, 4.69) is 0 Å². The van der Waals surface area contributed by atoms with Crippen molar-refractivity contribution in [2.24, 2.45) is 5.92 Å². The van der Waals surface area contributed by atoms with E-state index in [-0.39, 0.29) is 5.91 Å². The van der Waals surface area contributed by atoms with Gasteiger partial charge in [-0.2, -0.15) is 0 Å². The highest BCUT2D eigenvalue weighted by Crippen LogP contribution is 2.33. The van der Waals surface area contributed by atoms with Gasteiger partial charge >= 0.3 is 0 Å². The van der Waals surface area contributed by atoms with E-state index in [4.69, 9.17) is 0 Å². The number of hydrogen-bond donors (Lipinski definition) is 1. The lowest BCUT2D eigenvalue weighted by molar-refractivity contribution is -0.125. The number of amides is 1. The van der Waals surface area contributed by atoms with Crippen LogP contribution in [0.15, 0.2) is 42.0 Å². The van der Waals surface area contributed by atoms with Crippen LogP contribution in [0.1, 0.15) is 18.4 Å². The lowest BCUT2D eigenvalue weighted by Gasteiger charge is -2.14. The van der Waals surface area contributed by atoms with Gasteiger partial charge in [-0.05, 0) is 24.3 Å². The maximum absolute atomic E-state index is 12.2. The number of nitrogens with zero attached hydrogens (tertiary/aromatic N) is 1. The summed E-state index contributed by atoms with van der Waals surface area (Å²) in [6.45, 7) is 1.00. The Hall–Kier alpha value is -1.61. The van der Waals surface area contributed by atoms with E-state index in [1.165, 1.54) is 0 Å². The molecule has 0 unspecified atom stereocenters. The molecule has 0 radical (unpaired) electrons. The minimum absolute atomic E-state index is 0.00162. The van der Waals surface area contributed by atoms with Crippen LogP contribution in [-0.4, -0.2) is 28.6 Å². The second kappa shape index (κ2) is 4.58. The molecule has 3 rings (SSSR count). The maximum Gasteiger partial charge on any atom is 0.252 e. The fourth-order valence-corrected chi connectivity index (χ4v) is 2.35. The number of hydrogen-bond acceptors (Lipinski definition) is 2. The zero-order valence-electron chi connectivity index (χ0n) is 10.2. The molecule has 1 saturated heterocycles. The highest BCUT2D eigenvalue weighted by molar-refractivity contribution is 5.97. The first kappa shape index (κ1) is 11.5. The number of aliphatic hydroxyl groups excluding tert-OH is 1. The highest BCUT2D eigenvalue weighted by Gasteiger charge is 2.35. The van der Waals surface area contributed by atoms with Gasteiger partial charge in [0.25, 0.3) is 5.91 Å². The number of aliphatic hydroxyl groups is 1. The van der Waals surface area contributed by atoms with E-state index < -0.39 is 6.10 Å². The average molecular weight is 243 g/mol. The van der Waals surface area contributed by atoms with Gasteiger partial charge in [0.15, 0.2) is 0 Å². The van der Waals surface area contributed by atoms with Crippen LogP contribution >= 0.6 is 0 Å². The molecule has 0 bridgehead atoms. The lowest BCUT2D eigenvalue weighted by Crippen LogP contribution is -2.25. The molecule has 1 saturated carbocycles. The van der Waals surface area contributed by atoms with Crippen molar-refractivity contribution in [2.75, 3.05) is 6.54 Å². The fourth-order valence-electron chi connectivity index (χ4n) is 2.35. The Bertz CT molecular complexity index is 477. The van der Waals surface area contributed by atoms with Crippen LogP contribution in [-0.2, 0) is 11.3 Å². The van der Waals surface area contributed by atoms with Crippen molar-refractivity contribution >= 4 is 5.91 Å². The van der Waals surface area contributed by atoms with Crippen molar-refractivity contribution in [1.82, 2.24) is 4.90 Å². The Morgan fingerprint density at radius 1 is 1.28 bits per heavy atom. The van der Waals surface area contributed by atoms with Crippen LogP contribution in [0, 0.1) is 5.92 Å². The summed E-state index contributed by atoms with van der Waals surface area (Å²) in [5, 5.41) is 9.95. The normalized spacial score (nSPS) is 26.1. The zero-order chi connectivity index (χ0) is 12.5. The molecular weight excluding hydrogens is 226 g/mol. The summed E-state index contributed by atoms with van der Waals surface area (Å²) >= 11 is 0. The van der Waals surface area contributed by atoms with Crippen molar-refractivity contribution in [3.63, 3.8) is 0 Å². The first-order valence-corrected chi connectivity index (χ1v) is 6.47. The Morgan fingerprint density at radius 3 is 2.67 bits per heavy atom. The minimum Gasteiger partial charge on any atom is -0.386 e. The molecule has 2 aliphatic rings. The molecule has 1 aromatic rings. The summed E-state index contributed by atoms with van der Waals surface area (Å²) in [4.78, 5) is 13.9. The Kier molecular flexibility index (Phi) is 2.92. The van der Waals surface area contributed by atoms with Gasteiger partial charge < -0.3 is 10.0 Å². The van der Waals surface area contributed by atoms with Crippen LogP contribution in [0.4, 0.5) is 0 Å². The molecule has 94 valence electrons. The van der Waals surface area contributed by atoms with Gasteiger partial charge in [0, 0.05) is 12.1 Å². The van der Waals surface area contributed by atoms with Crippen molar-refractivity contribution in [2.45, 2.75) is 25.5 Å². The summed E-state index contributed by atoms with van der Waals surface area (Å²) in [5.41, 5.74) is 1.71. The maximum atomic E-state index is 12.2. The van der Waals surface area contributed by atoms with E-state index in [1.54, 1.807) is 4.90 Å². The zero-order valence-corrected chi connectivity index (χ0v) is 10.2. The first-order chi connectivity index (χ1) is 8.74. The molecule has 1 atom stereocenters. The summed E-state index contributed by atoms with van der Waals surface area (Å²) in [5.74, 6) is 0.522. The van der Waals surface area contributed by atoms with Crippen LogP contribution in [0.3, 0.4) is 0 Å². The summed E-state index contributed by atoms with van der Waals surface area (Å²) in [6.07, 6.45) is 3.67. The average Bonchev–Trinajstić information content (AvgIpc) is 3.15. The van der Waals surface area contributed by atoms with Gasteiger partial charge in [-0.3, -0.25) is 4.79 Å². The Balaban J connectivity index is 1.73. The van der Waals surface area contributed by atoms with Gasteiger partial charge in [-0.1, -0.05) is 36.4 Å². The number of benzene rings is 1. The Labute approximate surface area is 107 Å². The van der Waals surface area contributed by atoms with Crippen LogP contribution < -0.4 is 0 Å². The summed E-state index contributed by atoms with van der Waals surface area (Å²) in [7, 11) is 0. The SMILES string of the molecule is O=C1/C(=C\C2CC2)[C@@H](O)CN1Cc1ccccc1. The molecule has 18 heavy (non-hydrogen) atoms. The Morgan fingerprint density at radius 2 is 2.00 bits per heavy atom. The van der Waals surface area contributed by atoms with Gasteiger partial charge in [-0.15, -0.1) is 0 Å². The molecule has 1 aromatic carbocycles. The number of β-amino-alcohol motifs (C(OH)–C–C–N with tert-alkyl or cyclic N) is 1. The van der Waals surface area contributed by atoms with E-state index in [0.717, 1.165) is 18.4 Å². The third-order valence-corrected chi connectivity index (χ3v) is 3.54. The molecule has 1 heterocycles. The van der Waals surface area contributed by atoms with E-state index in [1.807, 2.05) is 36.4 Å². The molecule has 1 aliphatic carbocycles. The van der Waals surface area contributed by atoms with Crippen LogP contribution in [0.5, 0.6) is 0 Å². The first-order valence-electron chi connectivity index (χ1n) is 6.47. The predicted molar refractivity (Wildman–Crippen MR) is 68.7 cm³/mol. The van der Waals surface area contributed by atoms with Gasteiger partial charge in [-0.25, -0.2) is 0 Å². The summed E-state index contributed by atoms with van der Waals surface area (Å²) in [6, 6.07) is 9.90. The minimum atomic E-state index is -0.609. The largest absolute Gasteiger partial charge is 0.386 e. The van der Waals surface area contributed by atoms with Crippen LogP contribution in [0.2, 0.25) is 0 Å². The van der Waals surface area contributed by atoms with Gasteiger partial charge in [0.1, 0.15) is 6.10 Å². The molecule has 1 N–H and O–H groups in total. The number of allylic oxidation sites excluding steroid dienone is 1. The molecular formula is C15H17NO2. The predicted octanol–water partition coefficient (Wildman–Crippen LogP) is 1.73. The lowest BCUT2D eigenvalue weighted by atomic mass is 10.1. The van der Waals surface area contributed by atoms with E-state index in [0.29, 0.717) is 24.6 Å². The molecule has 0 spiro atoms. The van der Waals surface area contributed by atoms with Gasteiger partial charge in [0.2, 0.25) is 0 Å². The molecule has 0 aromatic heterocycles. The molecule has 2 fully saturated rings. The molecule has 1 amide bonds. The smallest absolute Gasteiger partial charge is 0.252 e. The topological polar surface area (TPSA) is 40.5 Å². The molecule has 3 heteroatoms. The summed E-state index contributed by atoms with van der Waals surface area (Å²) < 4.78 is 0. The third-order valence-electron chi connectivity index (χ3n) is 3.54. The van der Waals surface area contributed by atoms with Crippen molar-refractivity contribution in [3.05, 3.63) is 47.5 Å². The number of carbonyl (C=O) groups excluding carboxylic acids is 1. The second-order valence-corrected chi connectivity index (χ2v) is 5.15. The molecule has 1 aliphatic heterocycles. The number of rotatable bonds is 3. The standard InChI is InChI=1S/C15H17NO2/c17-14-10-16(9-12-4-2-1-3-5-12)15(18)13(14)8-11-6-7-11/h1-5,8,11,14,17H,6-7,9-10H2/b13-8-/t14-/m0/s1. The highest BCUT2D eigenvalue weighted by atomic mass is 16.3. The monoisotopic (exact) mass is 243 g/mol. The quantitative estimate of drug-likeness (QED) is 0.821.